The van der Waals surface area contributed by atoms with Gasteiger partial charge in [-0.1, -0.05) is 6.07 Å². The Morgan fingerprint density at radius 2 is 2.10 bits per heavy atom. The Morgan fingerprint density at radius 3 is 2.71 bits per heavy atom. The molecule has 0 bridgehead atoms. The van der Waals surface area contributed by atoms with Crippen molar-refractivity contribution in [3.63, 3.8) is 0 Å². The molecule has 3 heterocycles. The zero-order valence-corrected chi connectivity index (χ0v) is 17.6. The van der Waals surface area contributed by atoms with Crippen LogP contribution in [-0.4, -0.2) is 55.0 Å². The van der Waals surface area contributed by atoms with Gasteiger partial charge in [-0.25, -0.2) is 9.97 Å². The quantitative estimate of drug-likeness (QED) is 0.685. The summed E-state index contributed by atoms with van der Waals surface area (Å²) in [5.41, 5.74) is 2.84. The van der Waals surface area contributed by atoms with Crippen molar-refractivity contribution in [2.45, 2.75) is 38.7 Å². The van der Waals surface area contributed by atoms with Gasteiger partial charge in [-0.2, -0.15) is 13.2 Å². The minimum atomic E-state index is -4.41. The highest BCUT2D eigenvalue weighted by Gasteiger charge is 2.36. The van der Waals surface area contributed by atoms with Crippen molar-refractivity contribution in [3.8, 4) is 5.88 Å². The molecule has 2 aromatic rings. The number of likely N-dealkylation sites (N-methyl/N-ethyl adjacent to an activating group) is 1. The number of nitrogens with zero attached hydrogens (tertiary/aromatic N) is 3. The summed E-state index contributed by atoms with van der Waals surface area (Å²) in [6, 6.07) is 4.35. The van der Waals surface area contributed by atoms with Crippen molar-refractivity contribution < 1.29 is 27.4 Å². The van der Waals surface area contributed by atoms with Crippen molar-refractivity contribution in [2.24, 2.45) is 0 Å². The Hall–Kier alpha value is -3.08. The third-order valence-corrected chi connectivity index (χ3v) is 4.96. The van der Waals surface area contributed by atoms with Crippen LogP contribution in [0.3, 0.4) is 0 Å². The van der Waals surface area contributed by atoms with Crippen LogP contribution < -0.4 is 20.3 Å². The molecule has 0 unspecified atom stereocenters. The van der Waals surface area contributed by atoms with Gasteiger partial charge in [0, 0.05) is 39.0 Å². The summed E-state index contributed by atoms with van der Waals surface area (Å²) in [5, 5.41) is 6.07. The van der Waals surface area contributed by atoms with E-state index in [-0.39, 0.29) is 17.9 Å². The minimum Gasteiger partial charge on any atom is -0.468 e. The highest BCUT2D eigenvalue weighted by molar-refractivity contribution is 6.04. The Kier molecular flexibility index (Phi) is 6.54. The van der Waals surface area contributed by atoms with Crippen LogP contribution in [0.15, 0.2) is 24.4 Å². The Labute approximate surface area is 177 Å². The van der Waals surface area contributed by atoms with Crippen LogP contribution in [0.25, 0.3) is 0 Å². The number of ether oxygens (including phenoxy) is 2. The number of alkyl halides is 3. The van der Waals surface area contributed by atoms with E-state index in [1.807, 2.05) is 24.9 Å². The summed E-state index contributed by atoms with van der Waals surface area (Å²) in [6.07, 6.45) is -3.29. The third-order valence-electron chi connectivity index (χ3n) is 4.96. The van der Waals surface area contributed by atoms with E-state index in [9.17, 15) is 18.0 Å². The summed E-state index contributed by atoms with van der Waals surface area (Å²) < 4.78 is 46.6. The van der Waals surface area contributed by atoms with Gasteiger partial charge in [-0.3, -0.25) is 4.79 Å². The Balaban J connectivity index is 1.70. The van der Waals surface area contributed by atoms with E-state index in [2.05, 4.69) is 25.3 Å². The number of hydrogen-bond donors (Lipinski definition) is 2. The summed E-state index contributed by atoms with van der Waals surface area (Å²) >= 11 is 0. The van der Waals surface area contributed by atoms with Crippen LogP contribution in [0.2, 0.25) is 0 Å². The second-order valence-electron chi connectivity index (χ2n) is 7.23. The number of aryl methyl sites for hydroxylation is 1. The molecule has 2 atom stereocenters. The van der Waals surface area contributed by atoms with E-state index in [4.69, 9.17) is 4.74 Å². The van der Waals surface area contributed by atoms with Gasteiger partial charge < -0.3 is 25.0 Å². The molecule has 31 heavy (non-hydrogen) atoms. The normalized spacial score (nSPS) is 17.1. The number of anilines is 3. The average molecular weight is 439 g/mol. The largest absolute Gasteiger partial charge is 0.468 e. The average Bonchev–Trinajstić information content (AvgIpc) is 2.71. The van der Waals surface area contributed by atoms with Crippen LogP contribution in [0.4, 0.5) is 30.4 Å². The van der Waals surface area contributed by atoms with Crippen molar-refractivity contribution in [3.05, 3.63) is 35.7 Å². The topological polar surface area (TPSA) is 88.6 Å². The number of methoxy groups -OCH3 is 1. The molecule has 2 aromatic heterocycles. The van der Waals surface area contributed by atoms with Gasteiger partial charge in [0.25, 0.3) is 0 Å². The first-order valence-electron chi connectivity index (χ1n) is 9.55. The van der Waals surface area contributed by atoms with E-state index in [0.717, 1.165) is 11.3 Å². The molecule has 0 saturated heterocycles. The Bertz CT molecular complexity index is 937. The lowest BCUT2D eigenvalue weighted by molar-refractivity contribution is -0.154. The molecule has 0 aliphatic carbocycles. The molecule has 11 heteroatoms. The molecule has 1 aliphatic rings. The number of carbonyl (C=O) groups is 1. The van der Waals surface area contributed by atoms with Crippen LogP contribution in [-0.2, 0) is 16.1 Å². The first-order valence-corrected chi connectivity index (χ1v) is 9.55. The molecule has 1 amide bonds. The highest BCUT2D eigenvalue weighted by Crippen LogP contribution is 2.36. The lowest BCUT2D eigenvalue weighted by Gasteiger charge is -2.38. The molecule has 0 spiro atoms. The van der Waals surface area contributed by atoms with Crippen molar-refractivity contribution in [1.82, 2.24) is 9.97 Å². The summed E-state index contributed by atoms with van der Waals surface area (Å²) in [5.74, 6) is 0.328. The van der Waals surface area contributed by atoms with E-state index < -0.39 is 18.8 Å². The van der Waals surface area contributed by atoms with E-state index >= 15 is 0 Å². The second-order valence-corrected chi connectivity index (χ2v) is 7.23. The van der Waals surface area contributed by atoms with Gasteiger partial charge in [0.2, 0.25) is 11.8 Å². The first kappa shape index (κ1) is 22.6. The number of rotatable bonds is 7. The fraction of sp³-hybridized carbons (Fsp3) is 0.450. The number of hydrogen-bond acceptors (Lipinski definition) is 7. The van der Waals surface area contributed by atoms with Crippen molar-refractivity contribution in [1.29, 1.82) is 0 Å². The molecule has 8 nitrogen and oxygen atoms in total. The minimum absolute atomic E-state index is 0.0977. The standard InChI is InChI=1S/C20H24F3N5O3/c1-11-17-14(28(3)18(12(2)30-4)19(29)27-17)7-15(26-11)24-8-13-5-6-16(25-9-13)31-10-20(21,22)23/h5-7,9,12,18H,8,10H2,1-4H3,(H,24,26)(H,27,29)/t12-,18+/m1/s1. The molecular weight excluding hydrogens is 415 g/mol. The van der Waals surface area contributed by atoms with Crippen molar-refractivity contribution >= 4 is 23.1 Å². The van der Waals surface area contributed by atoms with Crippen LogP contribution in [0.5, 0.6) is 5.88 Å². The second kappa shape index (κ2) is 8.96. The predicted octanol–water partition coefficient (Wildman–Crippen LogP) is 3.13. The summed E-state index contributed by atoms with van der Waals surface area (Å²) in [4.78, 5) is 22.7. The van der Waals surface area contributed by atoms with Gasteiger partial charge in [-0.05, 0) is 19.4 Å². The molecule has 1 aliphatic heterocycles. The van der Waals surface area contributed by atoms with Gasteiger partial charge in [0.15, 0.2) is 6.61 Å². The maximum atomic E-state index is 12.5. The molecule has 0 aromatic carbocycles. The predicted molar refractivity (Wildman–Crippen MR) is 109 cm³/mol. The van der Waals surface area contributed by atoms with Gasteiger partial charge in [-0.15, -0.1) is 0 Å². The van der Waals surface area contributed by atoms with E-state index in [0.29, 0.717) is 23.7 Å². The number of nitrogens with one attached hydrogen (secondary N) is 2. The lowest BCUT2D eigenvalue weighted by Crippen LogP contribution is -2.52. The molecular formula is C20H24F3N5O3. The van der Waals surface area contributed by atoms with Crippen LogP contribution in [0.1, 0.15) is 18.2 Å². The Morgan fingerprint density at radius 1 is 1.35 bits per heavy atom. The maximum absolute atomic E-state index is 12.5. The number of fused-ring (bicyclic) bond motifs is 1. The molecule has 0 saturated carbocycles. The number of halogens is 3. The van der Waals surface area contributed by atoms with Gasteiger partial charge in [0.1, 0.15) is 11.9 Å². The molecule has 0 radical (unpaired) electrons. The zero-order valence-electron chi connectivity index (χ0n) is 17.6. The number of carbonyl (C=O) groups excluding carboxylic acids is 1. The number of aromatic nitrogens is 2. The molecule has 0 fully saturated rings. The fourth-order valence-corrected chi connectivity index (χ4v) is 3.31. The molecule has 2 N–H and O–H groups in total. The summed E-state index contributed by atoms with van der Waals surface area (Å²) in [7, 11) is 3.38. The van der Waals surface area contributed by atoms with Gasteiger partial charge in [0.05, 0.1) is 23.2 Å². The first-order chi connectivity index (χ1) is 14.6. The van der Waals surface area contributed by atoms with Gasteiger partial charge >= 0.3 is 6.18 Å². The summed E-state index contributed by atoms with van der Waals surface area (Å²) in [6.45, 7) is 2.59. The van der Waals surface area contributed by atoms with E-state index in [1.165, 1.54) is 12.3 Å². The number of pyridine rings is 2. The third kappa shape index (κ3) is 5.35. The fourth-order valence-electron chi connectivity index (χ4n) is 3.31. The SMILES string of the molecule is CO[C@H](C)[C@H]1C(=O)Nc2c(cc(NCc3ccc(OCC(F)(F)F)nc3)nc2C)N1C. The zero-order chi connectivity index (χ0) is 22.8. The number of amides is 1. The van der Waals surface area contributed by atoms with E-state index in [1.54, 1.807) is 20.1 Å². The maximum Gasteiger partial charge on any atom is 0.422 e. The lowest BCUT2D eigenvalue weighted by atomic mass is 10.0. The van der Waals surface area contributed by atoms with Crippen LogP contribution >= 0.6 is 0 Å². The monoisotopic (exact) mass is 439 g/mol. The molecule has 3 rings (SSSR count). The van der Waals surface area contributed by atoms with Crippen LogP contribution in [0, 0.1) is 6.92 Å². The smallest absolute Gasteiger partial charge is 0.422 e. The molecule has 168 valence electrons. The highest BCUT2D eigenvalue weighted by atomic mass is 19.4. The van der Waals surface area contributed by atoms with Crippen molar-refractivity contribution in [2.75, 3.05) is 36.3 Å².